The fourth-order valence-electron chi connectivity index (χ4n) is 3.00. The molecule has 0 aliphatic carbocycles. The number of hydrogen-bond donors (Lipinski definition) is 1. The number of carbonyl (C=O) groups excluding carboxylic acids is 1. The number of rotatable bonds is 3. The van der Waals surface area contributed by atoms with Crippen molar-refractivity contribution in [3.63, 3.8) is 0 Å². The summed E-state index contributed by atoms with van der Waals surface area (Å²) in [4.78, 5) is 25.9. The van der Waals surface area contributed by atoms with Gasteiger partial charge in [-0.05, 0) is 54.6 Å². The van der Waals surface area contributed by atoms with Gasteiger partial charge in [-0.1, -0.05) is 29.8 Å². The lowest BCUT2D eigenvalue weighted by Gasteiger charge is -2.13. The van der Waals surface area contributed by atoms with Gasteiger partial charge in [0.2, 0.25) is 0 Å². The molecule has 0 fully saturated rings. The van der Waals surface area contributed by atoms with Gasteiger partial charge < -0.3 is 5.32 Å². The van der Waals surface area contributed by atoms with Crippen LogP contribution < -0.4 is 10.9 Å². The molecule has 0 bridgehead atoms. The Kier molecular flexibility index (Phi) is 4.67. The summed E-state index contributed by atoms with van der Waals surface area (Å²) in [6.45, 7) is 0. The first-order chi connectivity index (χ1) is 13.5. The predicted molar refractivity (Wildman–Crippen MR) is 109 cm³/mol. The van der Waals surface area contributed by atoms with Crippen LogP contribution in [0.4, 0.5) is 10.1 Å². The maximum Gasteiger partial charge on any atom is 0.262 e. The van der Waals surface area contributed by atoms with Gasteiger partial charge in [-0.2, -0.15) is 0 Å². The number of carbonyl (C=O) groups is 1. The van der Waals surface area contributed by atoms with Gasteiger partial charge in [-0.15, -0.1) is 0 Å². The van der Waals surface area contributed by atoms with Crippen LogP contribution in [0, 0.1) is 5.82 Å². The summed E-state index contributed by atoms with van der Waals surface area (Å²) in [6.07, 6.45) is 1.51. The number of pyridine rings is 1. The fourth-order valence-corrected chi connectivity index (χ4v) is 3.12. The minimum absolute atomic E-state index is 0.240. The predicted octanol–water partition coefficient (Wildman–Crippen LogP) is 5.04. The highest BCUT2D eigenvalue weighted by molar-refractivity contribution is 6.30. The third-order valence-electron chi connectivity index (χ3n) is 4.38. The second-order valence-corrected chi connectivity index (χ2v) is 6.64. The molecule has 4 aromatic rings. The lowest BCUT2D eigenvalue weighted by molar-refractivity contribution is 0.102. The van der Waals surface area contributed by atoms with Crippen molar-refractivity contribution >= 4 is 34.0 Å². The molecular formula is C22H14ClFN2O2. The van der Waals surface area contributed by atoms with Crippen LogP contribution in [0.25, 0.3) is 16.5 Å². The van der Waals surface area contributed by atoms with Gasteiger partial charge in [0.25, 0.3) is 11.5 Å². The maximum absolute atomic E-state index is 13.1. The van der Waals surface area contributed by atoms with Crippen molar-refractivity contribution in [3.05, 3.63) is 106 Å². The molecule has 0 aliphatic heterocycles. The van der Waals surface area contributed by atoms with Crippen molar-refractivity contribution in [1.82, 2.24) is 4.57 Å². The zero-order chi connectivity index (χ0) is 19.7. The molecule has 0 saturated heterocycles. The number of hydrogen-bond acceptors (Lipinski definition) is 2. The first kappa shape index (κ1) is 17.9. The molecule has 4 rings (SSSR count). The normalized spacial score (nSPS) is 10.8. The van der Waals surface area contributed by atoms with Crippen LogP contribution in [0.1, 0.15) is 10.4 Å². The van der Waals surface area contributed by atoms with Crippen molar-refractivity contribution in [3.8, 4) is 5.69 Å². The highest BCUT2D eigenvalue weighted by Crippen LogP contribution is 2.20. The van der Waals surface area contributed by atoms with Crippen LogP contribution in [-0.4, -0.2) is 10.5 Å². The lowest BCUT2D eigenvalue weighted by atomic mass is 10.1. The topological polar surface area (TPSA) is 51.1 Å². The summed E-state index contributed by atoms with van der Waals surface area (Å²) in [5.41, 5.74) is 1.14. The van der Waals surface area contributed by atoms with Crippen LogP contribution in [0.2, 0.25) is 5.02 Å². The van der Waals surface area contributed by atoms with Crippen molar-refractivity contribution in [2.24, 2.45) is 0 Å². The van der Waals surface area contributed by atoms with E-state index in [2.05, 4.69) is 5.32 Å². The Labute approximate surface area is 164 Å². The van der Waals surface area contributed by atoms with Crippen LogP contribution in [0.3, 0.4) is 0 Å². The van der Waals surface area contributed by atoms with Crippen molar-refractivity contribution in [2.45, 2.75) is 0 Å². The van der Waals surface area contributed by atoms with Gasteiger partial charge in [-0.3, -0.25) is 14.2 Å². The van der Waals surface area contributed by atoms with Crippen LogP contribution in [0.15, 0.2) is 83.8 Å². The van der Waals surface area contributed by atoms with Gasteiger partial charge >= 0.3 is 0 Å². The minimum Gasteiger partial charge on any atom is -0.322 e. The number of halogens is 2. The van der Waals surface area contributed by atoms with Crippen LogP contribution in [0.5, 0.6) is 0 Å². The molecule has 1 amide bonds. The first-order valence-corrected chi connectivity index (χ1v) is 8.88. The molecule has 0 unspecified atom stereocenters. The van der Waals surface area contributed by atoms with E-state index in [1.165, 1.54) is 35.0 Å². The monoisotopic (exact) mass is 392 g/mol. The SMILES string of the molecule is O=C(Nc1ccc(F)cc1)c1cn(-c2ccc(Cl)cc2)c(=O)c2ccccc12. The average molecular weight is 393 g/mol. The number of benzene rings is 3. The molecule has 1 N–H and O–H groups in total. The zero-order valence-electron chi connectivity index (χ0n) is 14.5. The summed E-state index contributed by atoms with van der Waals surface area (Å²) in [6, 6.07) is 19.2. The van der Waals surface area contributed by atoms with E-state index < -0.39 is 5.91 Å². The van der Waals surface area contributed by atoms with Gasteiger partial charge in [0.05, 0.1) is 5.56 Å². The first-order valence-electron chi connectivity index (χ1n) is 8.50. The number of fused-ring (bicyclic) bond motifs is 1. The standard InChI is InChI=1S/C22H14ClFN2O2/c23-14-5-11-17(12-6-14)26-13-20(18-3-1-2-4-19(18)22(26)28)21(27)25-16-9-7-15(24)8-10-16/h1-13H,(H,25,27). The highest BCUT2D eigenvalue weighted by Gasteiger charge is 2.16. The van der Waals surface area contributed by atoms with Gasteiger partial charge in [0.1, 0.15) is 5.82 Å². The highest BCUT2D eigenvalue weighted by atomic mass is 35.5. The Morgan fingerprint density at radius 1 is 0.893 bits per heavy atom. The quantitative estimate of drug-likeness (QED) is 0.531. The number of anilines is 1. The van der Waals surface area contributed by atoms with E-state index >= 15 is 0 Å². The summed E-state index contributed by atoms with van der Waals surface area (Å²) < 4.78 is 14.5. The molecule has 138 valence electrons. The van der Waals surface area contributed by atoms with Gasteiger partial charge in [0, 0.05) is 33.4 Å². The summed E-state index contributed by atoms with van der Waals surface area (Å²) in [5.74, 6) is -0.787. The van der Waals surface area contributed by atoms with E-state index in [0.717, 1.165) is 0 Å². The maximum atomic E-state index is 13.1. The molecule has 0 saturated carbocycles. The number of aromatic nitrogens is 1. The van der Waals surface area contributed by atoms with Gasteiger partial charge in [0.15, 0.2) is 0 Å². The van der Waals surface area contributed by atoms with Crippen molar-refractivity contribution < 1.29 is 9.18 Å². The second kappa shape index (κ2) is 7.29. The molecule has 4 nitrogen and oxygen atoms in total. The Balaban J connectivity index is 1.86. The summed E-state index contributed by atoms with van der Waals surface area (Å²) in [5, 5.41) is 4.25. The van der Waals surface area contributed by atoms with E-state index in [-0.39, 0.29) is 11.4 Å². The molecule has 3 aromatic carbocycles. The smallest absolute Gasteiger partial charge is 0.262 e. The van der Waals surface area contributed by atoms with Crippen LogP contribution >= 0.6 is 11.6 Å². The Morgan fingerprint density at radius 3 is 2.21 bits per heavy atom. The molecule has 6 heteroatoms. The van der Waals surface area contributed by atoms with E-state index in [1.807, 2.05) is 0 Å². The van der Waals surface area contributed by atoms with Crippen LogP contribution in [-0.2, 0) is 0 Å². The number of nitrogens with one attached hydrogen (secondary N) is 1. The molecule has 1 heterocycles. The Bertz CT molecular complexity index is 1230. The number of nitrogens with zero attached hydrogens (tertiary/aromatic N) is 1. The zero-order valence-corrected chi connectivity index (χ0v) is 15.3. The molecule has 0 spiro atoms. The molecule has 28 heavy (non-hydrogen) atoms. The minimum atomic E-state index is -0.398. The molecule has 0 atom stereocenters. The molecular weight excluding hydrogens is 379 g/mol. The molecule has 0 radical (unpaired) electrons. The van der Waals surface area contributed by atoms with Gasteiger partial charge in [-0.25, -0.2) is 4.39 Å². The van der Waals surface area contributed by atoms with Crippen molar-refractivity contribution in [1.29, 1.82) is 0 Å². The average Bonchev–Trinajstić information content (AvgIpc) is 2.71. The largest absolute Gasteiger partial charge is 0.322 e. The molecule has 0 aliphatic rings. The third kappa shape index (κ3) is 3.40. The second-order valence-electron chi connectivity index (χ2n) is 6.20. The van der Waals surface area contributed by atoms with E-state index in [1.54, 1.807) is 48.5 Å². The Morgan fingerprint density at radius 2 is 1.54 bits per heavy atom. The summed E-state index contributed by atoms with van der Waals surface area (Å²) >= 11 is 5.94. The van der Waals surface area contributed by atoms with Crippen molar-refractivity contribution in [2.75, 3.05) is 5.32 Å². The summed E-state index contributed by atoms with van der Waals surface area (Å²) in [7, 11) is 0. The molecule has 1 aromatic heterocycles. The van der Waals surface area contributed by atoms with E-state index in [9.17, 15) is 14.0 Å². The Hall–Kier alpha value is -3.44. The van der Waals surface area contributed by atoms with E-state index in [4.69, 9.17) is 11.6 Å². The fraction of sp³-hybridized carbons (Fsp3) is 0. The lowest BCUT2D eigenvalue weighted by Crippen LogP contribution is -2.22. The number of amides is 1. The third-order valence-corrected chi connectivity index (χ3v) is 4.63. The van der Waals surface area contributed by atoms with E-state index in [0.29, 0.717) is 32.7 Å².